The van der Waals surface area contributed by atoms with Crippen molar-refractivity contribution in [3.05, 3.63) is 76.0 Å². The first-order valence-electron chi connectivity index (χ1n) is 11.0. The van der Waals surface area contributed by atoms with Crippen molar-refractivity contribution in [1.29, 1.82) is 0 Å². The molecule has 0 bridgehead atoms. The molecule has 0 aliphatic carbocycles. The Hall–Kier alpha value is -4.06. The number of benzene rings is 2. The lowest BCUT2D eigenvalue weighted by Crippen LogP contribution is -2.43. The summed E-state index contributed by atoms with van der Waals surface area (Å²) in [6.45, 7) is 2.72. The van der Waals surface area contributed by atoms with Gasteiger partial charge in [-0.05, 0) is 44.0 Å². The molecule has 12 heteroatoms. The Labute approximate surface area is 201 Å². The van der Waals surface area contributed by atoms with Crippen LogP contribution in [0.4, 0.5) is 11.5 Å². The van der Waals surface area contributed by atoms with Gasteiger partial charge in [0.15, 0.2) is 5.84 Å². The number of nitrogens with zero attached hydrogens (tertiary/aromatic N) is 5. The number of rotatable bonds is 4. The van der Waals surface area contributed by atoms with E-state index >= 15 is 0 Å². The van der Waals surface area contributed by atoms with Gasteiger partial charge in [0.05, 0.1) is 22.2 Å². The van der Waals surface area contributed by atoms with Crippen LogP contribution in [-0.2, 0) is 14.8 Å². The molecule has 35 heavy (non-hydrogen) atoms. The van der Waals surface area contributed by atoms with Crippen LogP contribution in [0.3, 0.4) is 0 Å². The van der Waals surface area contributed by atoms with E-state index in [1.165, 1.54) is 22.9 Å². The highest BCUT2D eigenvalue weighted by Gasteiger charge is 2.35. The average Bonchev–Trinajstić information content (AvgIpc) is 3.35. The van der Waals surface area contributed by atoms with Gasteiger partial charge in [0.25, 0.3) is 15.7 Å². The molecular formula is C23H22N6O5S. The maximum Gasteiger partial charge on any atom is 0.285 e. The van der Waals surface area contributed by atoms with E-state index in [1.54, 1.807) is 43.3 Å². The van der Waals surface area contributed by atoms with Crippen LogP contribution in [0.25, 0.3) is 5.69 Å². The number of likely N-dealkylation sites (tertiary alicyclic amines) is 1. The van der Waals surface area contributed by atoms with Gasteiger partial charge in [-0.15, -0.1) is 4.40 Å². The predicted molar refractivity (Wildman–Crippen MR) is 128 cm³/mol. The lowest BCUT2D eigenvalue weighted by atomic mass is 9.96. The highest BCUT2D eigenvalue weighted by Crippen LogP contribution is 2.30. The maximum atomic E-state index is 13.2. The number of piperidine rings is 1. The van der Waals surface area contributed by atoms with Crippen molar-refractivity contribution in [2.45, 2.75) is 24.7 Å². The average molecular weight is 495 g/mol. The number of carbonyl (C=O) groups excluding carboxylic acids is 1. The summed E-state index contributed by atoms with van der Waals surface area (Å²) >= 11 is 0. The summed E-state index contributed by atoms with van der Waals surface area (Å²) in [5.74, 6) is 0.226. The van der Waals surface area contributed by atoms with Gasteiger partial charge in [0, 0.05) is 36.9 Å². The quantitative estimate of drug-likeness (QED) is 0.434. The number of sulfonamides is 1. The summed E-state index contributed by atoms with van der Waals surface area (Å²) in [5.41, 5.74) is 1.77. The van der Waals surface area contributed by atoms with E-state index in [9.17, 15) is 23.3 Å². The number of amidine groups is 1. The molecule has 2 aliphatic rings. The highest BCUT2D eigenvalue weighted by atomic mass is 32.2. The van der Waals surface area contributed by atoms with E-state index in [1.807, 2.05) is 4.90 Å². The van der Waals surface area contributed by atoms with E-state index in [-0.39, 0.29) is 22.4 Å². The fraction of sp³-hybridized carbons (Fsp3) is 0.261. The molecule has 1 saturated heterocycles. The number of nitrogens with one attached hydrogen (secondary N) is 1. The Morgan fingerprint density at radius 1 is 1.17 bits per heavy atom. The van der Waals surface area contributed by atoms with Crippen molar-refractivity contribution in [3.8, 4) is 5.69 Å². The molecule has 5 rings (SSSR count). The van der Waals surface area contributed by atoms with Crippen LogP contribution in [-0.4, -0.2) is 52.9 Å². The summed E-state index contributed by atoms with van der Waals surface area (Å²) in [6.07, 6.45) is 1.36. The molecule has 1 N–H and O–H groups in total. The first-order chi connectivity index (χ1) is 16.7. The van der Waals surface area contributed by atoms with E-state index in [2.05, 4.69) is 14.8 Å². The van der Waals surface area contributed by atoms with Gasteiger partial charge in [-0.2, -0.15) is 13.5 Å². The summed E-state index contributed by atoms with van der Waals surface area (Å²) in [4.78, 5) is 25.7. The number of nitro groups is 1. The summed E-state index contributed by atoms with van der Waals surface area (Å²) in [5, 5.41) is 18.3. The molecule has 2 aromatic carbocycles. The number of anilines is 1. The van der Waals surface area contributed by atoms with Crippen molar-refractivity contribution in [3.63, 3.8) is 0 Å². The SMILES string of the molecule is Cc1cc(NC(=O)C2CCCN(C3=NS(=O)(=O)c4ccccc43)C2)n(-c2ccc([N+](=O)[O-])cc2)n1. The third-order valence-corrected chi connectivity index (χ3v) is 7.42. The number of amides is 1. The second kappa shape index (κ2) is 8.62. The van der Waals surface area contributed by atoms with E-state index in [4.69, 9.17) is 0 Å². The van der Waals surface area contributed by atoms with Crippen molar-refractivity contribution in [1.82, 2.24) is 14.7 Å². The first-order valence-corrected chi connectivity index (χ1v) is 12.5. The Morgan fingerprint density at radius 2 is 1.91 bits per heavy atom. The van der Waals surface area contributed by atoms with E-state index in [0.717, 1.165) is 0 Å². The molecule has 1 atom stereocenters. The zero-order valence-corrected chi connectivity index (χ0v) is 19.6. The van der Waals surface area contributed by atoms with Crippen LogP contribution in [0.1, 0.15) is 24.1 Å². The topological polar surface area (TPSA) is 140 Å². The zero-order chi connectivity index (χ0) is 24.7. The van der Waals surface area contributed by atoms with Crippen LogP contribution in [0.5, 0.6) is 0 Å². The second-order valence-electron chi connectivity index (χ2n) is 8.52. The van der Waals surface area contributed by atoms with Crippen molar-refractivity contribution >= 4 is 33.3 Å². The van der Waals surface area contributed by atoms with Crippen molar-refractivity contribution in [2.75, 3.05) is 18.4 Å². The standard InChI is InChI=1S/C23H22N6O5S/c1-15-13-21(28(25-15)17-8-10-18(11-9-17)29(31)32)24-23(30)16-5-4-12-27(14-16)22-19-6-2-3-7-20(19)35(33,34)26-22/h2-3,6-11,13,16H,4-5,12,14H2,1H3,(H,24,30). The van der Waals surface area contributed by atoms with Gasteiger partial charge in [-0.25, -0.2) is 4.68 Å². The number of aromatic nitrogens is 2. The van der Waals surface area contributed by atoms with Gasteiger partial charge >= 0.3 is 0 Å². The molecule has 1 unspecified atom stereocenters. The van der Waals surface area contributed by atoms with Gasteiger partial charge in [0.1, 0.15) is 10.7 Å². The molecule has 11 nitrogen and oxygen atoms in total. The Balaban J connectivity index is 1.35. The van der Waals surface area contributed by atoms with Gasteiger partial charge in [-0.3, -0.25) is 14.9 Å². The normalized spacial score (nSPS) is 18.6. The lowest BCUT2D eigenvalue weighted by molar-refractivity contribution is -0.384. The molecule has 180 valence electrons. The summed E-state index contributed by atoms with van der Waals surface area (Å²) in [6, 6.07) is 14.3. The minimum atomic E-state index is -3.74. The van der Waals surface area contributed by atoms with Crippen LogP contribution in [0.2, 0.25) is 0 Å². The third-order valence-electron chi connectivity index (χ3n) is 6.09. The molecular weight excluding hydrogens is 472 g/mol. The Morgan fingerprint density at radius 3 is 2.66 bits per heavy atom. The third kappa shape index (κ3) is 4.28. The molecule has 3 heterocycles. The molecule has 0 radical (unpaired) electrons. The Bertz CT molecular complexity index is 1460. The van der Waals surface area contributed by atoms with E-state index in [0.29, 0.717) is 54.5 Å². The monoisotopic (exact) mass is 494 g/mol. The molecule has 1 fully saturated rings. The Kier molecular flexibility index (Phi) is 5.59. The minimum absolute atomic E-state index is 0.0380. The summed E-state index contributed by atoms with van der Waals surface area (Å²) < 4.78 is 30.4. The van der Waals surface area contributed by atoms with Crippen LogP contribution in [0, 0.1) is 23.0 Å². The number of aryl methyl sites for hydroxylation is 1. The van der Waals surface area contributed by atoms with Crippen LogP contribution < -0.4 is 5.32 Å². The minimum Gasteiger partial charge on any atom is -0.355 e. The number of hydrogen-bond acceptors (Lipinski definition) is 7. The second-order valence-corrected chi connectivity index (χ2v) is 10.1. The number of fused-ring (bicyclic) bond motifs is 1. The smallest absolute Gasteiger partial charge is 0.285 e. The largest absolute Gasteiger partial charge is 0.355 e. The number of hydrogen-bond donors (Lipinski definition) is 1. The van der Waals surface area contributed by atoms with Gasteiger partial charge in [-0.1, -0.05) is 12.1 Å². The zero-order valence-electron chi connectivity index (χ0n) is 18.8. The number of nitro benzene ring substituents is 1. The fourth-order valence-electron chi connectivity index (χ4n) is 4.43. The molecule has 1 aromatic heterocycles. The van der Waals surface area contributed by atoms with Crippen molar-refractivity contribution in [2.24, 2.45) is 10.3 Å². The molecule has 0 spiro atoms. The highest BCUT2D eigenvalue weighted by molar-refractivity contribution is 7.90. The molecule has 0 saturated carbocycles. The molecule has 2 aliphatic heterocycles. The first kappa shape index (κ1) is 22.7. The molecule has 1 amide bonds. The lowest BCUT2D eigenvalue weighted by Gasteiger charge is -2.33. The number of carbonyl (C=O) groups is 1. The van der Waals surface area contributed by atoms with Crippen LogP contribution in [0.15, 0.2) is 63.9 Å². The fourth-order valence-corrected chi connectivity index (χ4v) is 5.66. The maximum absolute atomic E-state index is 13.2. The van der Waals surface area contributed by atoms with Crippen LogP contribution >= 0.6 is 0 Å². The molecule has 3 aromatic rings. The van der Waals surface area contributed by atoms with E-state index < -0.39 is 14.9 Å². The van der Waals surface area contributed by atoms with Crippen molar-refractivity contribution < 1.29 is 18.1 Å². The predicted octanol–water partition coefficient (Wildman–Crippen LogP) is 2.89. The number of non-ortho nitro benzene ring substituents is 1. The summed E-state index contributed by atoms with van der Waals surface area (Å²) in [7, 11) is -3.74. The van der Waals surface area contributed by atoms with Gasteiger partial charge in [0.2, 0.25) is 5.91 Å². The van der Waals surface area contributed by atoms with Gasteiger partial charge < -0.3 is 10.2 Å².